The van der Waals surface area contributed by atoms with E-state index in [9.17, 15) is 0 Å². The number of hydrogen-bond acceptors (Lipinski definition) is 4. The van der Waals surface area contributed by atoms with E-state index in [1.54, 1.807) is 0 Å². The van der Waals surface area contributed by atoms with Gasteiger partial charge in [0, 0.05) is 5.92 Å². The zero-order valence-corrected chi connectivity index (χ0v) is 11.1. The Morgan fingerprint density at radius 3 is 2.29 bits per heavy atom. The molecule has 0 amide bonds. The van der Waals surface area contributed by atoms with Crippen molar-refractivity contribution >= 4 is 0 Å². The van der Waals surface area contributed by atoms with Gasteiger partial charge in [0.05, 0.1) is 18.8 Å². The SMILES string of the molecule is CC1(C)OC[C@@H]2CC[C@H]3OC(C)(C)O[C@H]3[C@@H]2O1. The van der Waals surface area contributed by atoms with Crippen molar-refractivity contribution in [2.75, 3.05) is 6.61 Å². The molecule has 4 atom stereocenters. The summed E-state index contributed by atoms with van der Waals surface area (Å²) in [5.41, 5.74) is 0. The molecule has 3 rings (SSSR count). The van der Waals surface area contributed by atoms with E-state index < -0.39 is 11.6 Å². The highest BCUT2D eigenvalue weighted by Crippen LogP contribution is 2.43. The van der Waals surface area contributed by atoms with Gasteiger partial charge in [-0.2, -0.15) is 0 Å². The first-order valence-corrected chi connectivity index (χ1v) is 6.54. The third-order valence-corrected chi connectivity index (χ3v) is 3.90. The molecule has 0 N–H and O–H groups in total. The van der Waals surface area contributed by atoms with Gasteiger partial charge in [-0.3, -0.25) is 0 Å². The molecule has 1 saturated carbocycles. The Hall–Kier alpha value is -0.160. The molecule has 0 spiro atoms. The monoisotopic (exact) mass is 242 g/mol. The van der Waals surface area contributed by atoms with Crippen LogP contribution in [0.4, 0.5) is 0 Å². The molecule has 4 heteroatoms. The van der Waals surface area contributed by atoms with Crippen molar-refractivity contribution in [1.82, 2.24) is 0 Å². The Bertz CT molecular complexity index is 313. The van der Waals surface area contributed by atoms with Crippen LogP contribution in [0.25, 0.3) is 0 Å². The lowest BCUT2D eigenvalue weighted by atomic mass is 9.82. The molecule has 0 aromatic carbocycles. The van der Waals surface area contributed by atoms with Crippen LogP contribution in [0.15, 0.2) is 0 Å². The standard InChI is InChI=1S/C13H22O4/c1-12(2)14-7-8-5-6-9-11(10(8)16-12)17-13(3,4)15-9/h8-11H,5-7H2,1-4H3/t8-,9+,10+,11+/m0/s1. The maximum absolute atomic E-state index is 6.06. The summed E-state index contributed by atoms with van der Waals surface area (Å²) < 4.78 is 23.7. The second kappa shape index (κ2) is 3.67. The molecule has 98 valence electrons. The van der Waals surface area contributed by atoms with Gasteiger partial charge in [0.15, 0.2) is 11.6 Å². The maximum Gasteiger partial charge on any atom is 0.163 e. The summed E-state index contributed by atoms with van der Waals surface area (Å²) >= 11 is 0. The van der Waals surface area contributed by atoms with Crippen molar-refractivity contribution in [2.24, 2.45) is 5.92 Å². The predicted octanol–water partition coefficient (Wildman–Crippen LogP) is 2.07. The van der Waals surface area contributed by atoms with Gasteiger partial charge < -0.3 is 18.9 Å². The van der Waals surface area contributed by atoms with E-state index in [0.717, 1.165) is 19.4 Å². The molecule has 2 heterocycles. The Morgan fingerprint density at radius 1 is 0.824 bits per heavy atom. The number of fused-ring (bicyclic) bond motifs is 3. The summed E-state index contributed by atoms with van der Waals surface area (Å²) in [7, 11) is 0. The normalized spacial score (nSPS) is 47.3. The largest absolute Gasteiger partial charge is 0.350 e. The fourth-order valence-electron chi connectivity index (χ4n) is 3.19. The molecule has 0 bridgehead atoms. The molecule has 1 aliphatic carbocycles. The van der Waals surface area contributed by atoms with Crippen molar-refractivity contribution < 1.29 is 18.9 Å². The van der Waals surface area contributed by atoms with E-state index in [4.69, 9.17) is 18.9 Å². The molecule has 0 radical (unpaired) electrons. The molecular formula is C13H22O4. The number of hydrogen-bond donors (Lipinski definition) is 0. The van der Waals surface area contributed by atoms with Gasteiger partial charge in [0.25, 0.3) is 0 Å². The van der Waals surface area contributed by atoms with Crippen LogP contribution >= 0.6 is 0 Å². The topological polar surface area (TPSA) is 36.9 Å². The van der Waals surface area contributed by atoms with Crippen LogP contribution in [0.2, 0.25) is 0 Å². The van der Waals surface area contributed by atoms with Gasteiger partial charge in [-0.05, 0) is 40.5 Å². The smallest absolute Gasteiger partial charge is 0.163 e. The first-order chi connectivity index (χ1) is 7.86. The van der Waals surface area contributed by atoms with Crippen LogP contribution in [0, 0.1) is 5.92 Å². The van der Waals surface area contributed by atoms with Crippen LogP contribution in [0.1, 0.15) is 40.5 Å². The minimum Gasteiger partial charge on any atom is -0.350 e. The maximum atomic E-state index is 6.06. The summed E-state index contributed by atoms with van der Waals surface area (Å²) in [6.45, 7) is 8.65. The van der Waals surface area contributed by atoms with E-state index in [2.05, 4.69) is 0 Å². The second-order valence-electron chi connectivity index (χ2n) is 6.27. The zero-order chi connectivity index (χ0) is 12.3. The molecule has 17 heavy (non-hydrogen) atoms. The predicted molar refractivity (Wildman–Crippen MR) is 61.5 cm³/mol. The minimum atomic E-state index is -0.501. The van der Waals surface area contributed by atoms with Crippen molar-refractivity contribution in [3.63, 3.8) is 0 Å². The Kier molecular flexibility index (Phi) is 2.57. The van der Waals surface area contributed by atoms with E-state index in [1.165, 1.54) is 0 Å². The van der Waals surface area contributed by atoms with E-state index in [-0.39, 0.29) is 18.3 Å². The molecule has 0 unspecified atom stereocenters. The summed E-state index contributed by atoms with van der Waals surface area (Å²) in [5, 5.41) is 0. The molecule has 0 aromatic heterocycles. The lowest BCUT2D eigenvalue weighted by molar-refractivity contribution is -0.317. The Balaban J connectivity index is 1.80. The van der Waals surface area contributed by atoms with Crippen molar-refractivity contribution in [1.29, 1.82) is 0 Å². The molecular weight excluding hydrogens is 220 g/mol. The third kappa shape index (κ3) is 2.12. The first-order valence-electron chi connectivity index (χ1n) is 6.54. The van der Waals surface area contributed by atoms with Crippen molar-refractivity contribution in [2.45, 2.75) is 70.4 Å². The molecule has 0 aromatic rings. The van der Waals surface area contributed by atoms with E-state index in [0.29, 0.717) is 5.92 Å². The van der Waals surface area contributed by atoms with Gasteiger partial charge in [-0.25, -0.2) is 0 Å². The fraction of sp³-hybridized carbons (Fsp3) is 1.00. The molecule has 4 nitrogen and oxygen atoms in total. The van der Waals surface area contributed by atoms with Crippen molar-refractivity contribution in [3.05, 3.63) is 0 Å². The lowest BCUT2D eigenvalue weighted by Gasteiger charge is -2.46. The highest BCUT2D eigenvalue weighted by molar-refractivity contribution is 4.97. The van der Waals surface area contributed by atoms with Crippen LogP contribution in [-0.4, -0.2) is 36.5 Å². The molecule has 3 aliphatic rings. The first kappa shape index (κ1) is 11.9. The number of ether oxygens (including phenoxy) is 4. The highest BCUT2D eigenvalue weighted by Gasteiger charge is 2.53. The van der Waals surface area contributed by atoms with Gasteiger partial charge in [0.2, 0.25) is 0 Å². The average Bonchev–Trinajstić information content (AvgIpc) is 2.51. The number of rotatable bonds is 0. The molecule has 2 aliphatic heterocycles. The minimum absolute atomic E-state index is 0.0620. The summed E-state index contributed by atoms with van der Waals surface area (Å²) in [5.74, 6) is -0.531. The van der Waals surface area contributed by atoms with Gasteiger partial charge >= 0.3 is 0 Å². The van der Waals surface area contributed by atoms with Crippen LogP contribution in [0.3, 0.4) is 0 Å². The average molecular weight is 242 g/mol. The summed E-state index contributed by atoms with van der Waals surface area (Å²) in [6, 6.07) is 0. The van der Waals surface area contributed by atoms with Crippen LogP contribution in [-0.2, 0) is 18.9 Å². The van der Waals surface area contributed by atoms with Crippen LogP contribution < -0.4 is 0 Å². The van der Waals surface area contributed by atoms with Gasteiger partial charge in [0.1, 0.15) is 6.10 Å². The Morgan fingerprint density at radius 2 is 1.53 bits per heavy atom. The summed E-state index contributed by atoms with van der Waals surface area (Å²) in [4.78, 5) is 0. The van der Waals surface area contributed by atoms with Crippen LogP contribution in [0.5, 0.6) is 0 Å². The molecule has 2 saturated heterocycles. The molecule has 3 fully saturated rings. The Labute approximate surface area is 103 Å². The van der Waals surface area contributed by atoms with E-state index >= 15 is 0 Å². The van der Waals surface area contributed by atoms with Gasteiger partial charge in [-0.15, -0.1) is 0 Å². The third-order valence-electron chi connectivity index (χ3n) is 3.90. The highest BCUT2D eigenvalue weighted by atomic mass is 16.8. The quantitative estimate of drug-likeness (QED) is 0.651. The van der Waals surface area contributed by atoms with Crippen molar-refractivity contribution in [3.8, 4) is 0 Å². The fourth-order valence-corrected chi connectivity index (χ4v) is 3.19. The second-order valence-corrected chi connectivity index (χ2v) is 6.27. The van der Waals surface area contributed by atoms with Gasteiger partial charge in [-0.1, -0.05) is 0 Å². The zero-order valence-electron chi connectivity index (χ0n) is 11.1. The lowest BCUT2D eigenvalue weighted by Crippen LogP contribution is -2.55. The summed E-state index contributed by atoms with van der Waals surface area (Å²) in [6.07, 6.45) is 2.50. The van der Waals surface area contributed by atoms with E-state index in [1.807, 2.05) is 27.7 Å².